The molecule has 1 spiro atoms. The van der Waals surface area contributed by atoms with Crippen molar-refractivity contribution in [3.63, 3.8) is 0 Å². The molecule has 4 saturated carbocycles. The SMILES string of the molecule is CCCC[C@H]1[C@H]([C@@H]2CC[C@H]([C@H](C)/C=C/B3OC(C)(C)C(C)(C)O3)C2)CC(OC)C23C[C@H]2CC[C@]13C. The van der Waals surface area contributed by atoms with E-state index in [1.807, 2.05) is 7.11 Å². The average Bonchev–Trinajstić information content (AvgIpc) is 3.08. The van der Waals surface area contributed by atoms with E-state index in [1.165, 1.54) is 64.2 Å². The Morgan fingerprint density at radius 2 is 1.74 bits per heavy atom. The van der Waals surface area contributed by atoms with Crippen LogP contribution in [0.2, 0.25) is 0 Å². The van der Waals surface area contributed by atoms with Gasteiger partial charge in [0.25, 0.3) is 0 Å². The fourth-order valence-electron chi connectivity index (χ4n) is 9.60. The minimum Gasteiger partial charge on any atom is -0.400 e. The number of methoxy groups -OCH3 is 1. The molecule has 0 bridgehead atoms. The molecule has 5 aliphatic rings. The summed E-state index contributed by atoms with van der Waals surface area (Å²) in [7, 11) is 1.79. The van der Waals surface area contributed by atoms with Gasteiger partial charge in [-0.05, 0) is 120 Å². The molecule has 198 valence electrons. The van der Waals surface area contributed by atoms with Crippen molar-refractivity contribution < 1.29 is 14.0 Å². The molecule has 0 aromatic carbocycles. The molecule has 4 heteroatoms. The Morgan fingerprint density at radius 1 is 1.03 bits per heavy atom. The topological polar surface area (TPSA) is 27.7 Å². The quantitative estimate of drug-likeness (QED) is 0.328. The van der Waals surface area contributed by atoms with Gasteiger partial charge in [0.2, 0.25) is 0 Å². The molecule has 2 unspecified atom stereocenters. The summed E-state index contributed by atoms with van der Waals surface area (Å²) in [5, 5.41) is 0. The molecule has 5 fully saturated rings. The molecule has 1 heterocycles. The lowest BCUT2D eigenvalue weighted by molar-refractivity contribution is -0.128. The van der Waals surface area contributed by atoms with Crippen molar-refractivity contribution in [3.05, 3.63) is 12.1 Å². The van der Waals surface area contributed by atoms with E-state index in [9.17, 15) is 0 Å². The normalized spacial score (nSPS) is 46.7. The molecule has 4 aliphatic carbocycles. The second kappa shape index (κ2) is 9.16. The maximum absolute atomic E-state index is 6.32. The largest absolute Gasteiger partial charge is 0.486 e. The van der Waals surface area contributed by atoms with Gasteiger partial charge in [-0.15, -0.1) is 0 Å². The average molecular weight is 485 g/mol. The summed E-state index contributed by atoms with van der Waals surface area (Å²) < 4.78 is 18.7. The summed E-state index contributed by atoms with van der Waals surface area (Å²) in [5.41, 5.74) is 0.513. The first kappa shape index (κ1) is 26.3. The zero-order valence-electron chi connectivity index (χ0n) is 24.1. The maximum Gasteiger partial charge on any atom is 0.486 e. The van der Waals surface area contributed by atoms with E-state index in [4.69, 9.17) is 14.0 Å². The zero-order chi connectivity index (χ0) is 25.2. The van der Waals surface area contributed by atoms with E-state index in [1.54, 1.807) is 0 Å². The highest BCUT2D eigenvalue weighted by Gasteiger charge is 2.76. The highest BCUT2D eigenvalue weighted by molar-refractivity contribution is 6.51. The third kappa shape index (κ3) is 4.11. The van der Waals surface area contributed by atoms with Gasteiger partial charge in [0.05, 0.1) is 17.3 Å². The van der Waals surface area contributed by atoms with Crippen LogP contribution in [0.4, 0.5) is 0 Å². The number of hydrogen-bond acceptors (Lipinski definition) is 3. The van der Waals surface area contributed by atoms with E-state index < -0.39 is 0 Å². The van der Waals surface area contributed by atoms with Gasteiger partial charge >= 0.3 is 7.12 Å². The molecule has 9 atom stereocenters. The summed E-state index contributed by atoms with van der Waals surface area (Å²) in [6.45, 7) is 16.0. The van der Waals surface area contributed by atoms with Gasteiger partial charge in [0.15, 0.2) is 0 Å². The minimum absolute atomic E-state index is 0.219. The maximum atomic E-state index is 6.32. The predicted octanol–water partition coefficient (Wildman–Crippen LogP) is 7.87. The third-order valence-corrected chi connectivity index (χ3v) is 12.5. The second-order valence-electron chi connectivity index (χ2n) is 14.5. The lowest BCUT2D eigenvalue weighted by atomic mass is 9.51. The predicted molar refractivity (Wildman–Crippen MR) is 145 cm³/mol. The van der Waals surface area contributed by atoms with Crippen LogP contribution < -0.4 is 0 Å². The lowest BCUT2D eigenvalue weighted by Gasteiger charge is -2.55. The van der Waals surface area contributed by atoms with E-state index in [0.717, 1.165) is 29.6 Å². The van der Waals surface area contributed by atoms with Gasteiger partial charge in [-0.1, -0.05) is 45.7 Å². The van der Waals surface area contributed by atoms with Gasteiger partial charge in [-0.2, -0.15) is 0 Å². The van der Waals surface area contributed by atoms with Gasteiger partial charge < -0.3 is 14.0 Å². The van der Waals surface area contributed by atoms with Crippen molar-refractivity contribution in [2.45, 2.75) is 130 Å². The van der Waals surface area contributed by atoms with Crippen molar-refractivity contribution in [2.24, 2.45) is 46.3 Å². The monoisotopic (exact) mass is 484 g/mol. The molecule has 0 radical (unpaired) electrons. The van der Waals surface area contributed by atoms with E-state index >= 15 is 0 Å². The van der Waals surface area contributed by atoms with Crippen LogP contribution in [0.3, 0.4) is 0 Å². The number of unbranched alkanes of at least 4 members (excludes halogenated alkanes) is 1. The Bertz CT molecular complexity index is 791. The summed E-state index contributed by atoms with van der Waals surface area (Å²) in [6.07, 6.45) is 16.9. The standard InChI is InChI=1S/C31H53BO3/c1-9-10-11-26-25(19-27(33-8)31-20-24(31)14-16-30(26,31)7)23-13-12-22(18-23)21(2)15-17-32-34-28(3,4)29(5,6)35-32/h15,17,21-27H,9-14,16,18-20H2,1-8H3/b17-15+/t21-,22+,23-,24-,25+,26+,27?,30-,31?/m1/s1. The first-order valence-electron chi connectivity index (χ1n) is 15.1. The van der Waals surface area contributed by atoms with Gasteiger partial charge in [-0.3, -0.25) is 0 Å². The first-order valence-corrected chi connectivity index (χ1v) is 15.1. The van der Waals surface area contributed by atoms with Crippen LogP contribution in [-0.4, -0.2) is 31.5 Å². The van der Waals surface area contributed by atoms with Crippen molar-refractivity contribution in [2.75, 3.05) is 7.11 Å². The van der Waals surface area contributed by atoms with Crippen LogP contribution >= 0.6 is 0 Å². The van der Waals surface area contributed by atoms with Crippen LogP contribution in [0.25, 0.3) is 0 Å². The van der Waals surface area contributed by atoms with E-state index in [-0.39, 0.29) is 18.3 Å². The van der Waals surface area contributed by atoms with E-state index in [0.29, 0.717) is 22.9 Å². The molecular weight excluding hydrogens is 431 g/mol. The Morgan fingerprint density at radius 3 is 2.37 bits per heavy atom. The number of rotatable bonds is 8. The molecule has 0 aromatic heterocycles. The van der Waals surface area contributed by atoms with Gasteiger partial charge in [-0.25, -0.2) is 0 Å². The molecule has 0 aromatic rings. The summed E-state index contributed by atoms with van der Waals surface area (Å²) in [6, 6.07) is 0. The number of allylic oxidation sites excluding steroid dienone is 1. The minimum atomic E-state index is -0.260. The fourth-order valence-corrected chi connectivity index (χ4v) is 9.60. The van der Waals surface area contributed by atoms with Crippen LogP contribution in [0.15, 0.2) is 12.1 Å². The van der Waals surface area contributed by atoms with Crippen LogP contribution in [0, 0.1) is 46.3 Å². The highest BCUT2D eigenvalue weighted by Crippen LogP contribution is 2.80. The Labute approximate surface area is 216 Å². The lowest BCUT2D eigenvalue weighted by Crippen LogP contribution is -2.52. The molecule has 0 N–H and O–H groups in total. The van der Waals surface area contributed by atoms with Gasteiger partial charge in [0, 0.05) is 12.5 Å². The van der Waals surface area contributed by atoms with Crippen molar-refractivity contribution in [3.8, 4) is 0 Å². The summed E-state index contributed by atoms with van der Waals surface area (Å²) >= 11 is 0. The number of ether oxygens (including phenoxy) is 1. The Kier molecular flexibility index (Phi) is 6.88. The molecular formula is C31H53BO3. The molecule has 1 aliphatic heterocycles. The van der Waals surface area contributed by atoms with Crippen molar-refractivity contribution in [1.82, 2.24) is 0 Å². The van der Waals surface area contributed by atoms with E-state index in [2.05, 4.69) is 60.5 Å². The van der Waals surface area contributed by atoms with Crippen molar-refractivity contribution >= 4 is 7.12 Å². The molecule has 5 rings (SSSR count). The van der Waals surface area contributed by atoms with Crippen LogP contribution in [-0.2, 0) is 14.0 Å². The zero-order valence-corrected chi connectivity index (χ0v) is 24.1. The van der Waals surface area contributed by atoms with Gasteiger partial charge in [0.1, 0.15) is 0 Å². The highest BCUT2D eigenvalue weighted by atomic mass is 16.7. The van der Waals surface area contributed by atoms with Crippen LogP contribution in [0.1, 0.15) is 113 Å². The van der Waals surface area contributed by atoms with Crippen LogP contribution in [0.5, 0.6) is 0 Å². The summed E-state index contributed by atoms with van der Waals surface area (Å²) in [5.74, 6) is 7.14. The fraction of sp³-hybridized carbons (Fsp3) is 0.935. The smallest absolute Gasteiger partial charge is 0.400 e. The molecule has 0 amide bonds. The molecule has 1 saturated heterocycles. The second-order valence-corrected chi connectivity index (χ2v) is 14.5. The summed E-state index contributed by atoms with van der Waals surface area (Å²) in [4.78, 5) is 0. The first-order chi connectivity index (χ1) is 16.5. The molecule has 35 heavy (non-hydrogen) atoms. The Hall–Kier alpha value is -0.315. The molecule has 3 nitrogen and oxygen atoms in total. The third-order valence-electron chi connectivity index (χ3n) is 12.5. The van der Waals surface area contributed by atoms with Crippen molar-refractivity contribution in [1.29, 1.82) is 0 Å². The number of hydrogen-bond donors (Lipinski definition) is 0. The Balaban J connectivity index is 1.26.